The molecule has 0 aromatic heterocycles. The Bertz CT molecular complexity index is 2500. The van der Waals surface area contributed by atoms with E-state index in [0.29, 0.717) is 68.2 Å². The van der Waals surface area contributed by atoms with E-state index >= 15 is 0 Å². The van der Waals surface area contributed by atoms with E-state index in [2.05, 4.69) is 159 Å². The highest BCUT2D eigenvalue weighted by Gasteiger charge is 2.41. The lowest BCUT2D eigenvalue weighted by Gasteiger charge is -2.36. The van der Waals surface area contributed by atoms with Gasteiger partial charge in [0.2, 0.25) is 27.2 Å². The van der Waals surface area contributed by atoms with Crippen molar-refractivity contribution in [1.29, 1.82) is 0 Å². The molecule has 0 fully saturated rings. The molecule has 4 heterocycles. The van der Waals surface area contributed by atoms with Crippen LogP contribution in [-0.2, 0) is 0 Å². The van der Waals surface area contributed by atoms with E-state index in [1.807, 2.05) is 0 Å². The summed E-state index contributed by atoms with van der Waals surface area (Å²) in [5.74, 6) is 18.2. The van der Waals surface area contributed by atoms with E-state index in [1.54, 1.807) is 0 Å². The van der Waals surface area contributed by atoms with Crippen molar-refractivity contribution in [2.24, 2.45) is 0 Å². The van der Waals surface area contributed by atoms with Crippen LogP contribution in [0.2, 0.25) is 0 Å². The highest BCUT2D eigenvalue weighted by atomic mass is 79.9. The molecule has 0 atom stereocenters. The molecule has 1 aliphatic carbocycles. The summed E-state index contributed by atoms with van der Waals surface area (Å²) >= 11 is 14.1. The van der Waals surface area contributed by atoms with Crippen molar-refractivity contribution in [3.05, 3.63) is 91.0 Å². The second-order valence-electron chi connectivity index (χ2n) is 20.5. The second kappa shape index (κ2) is 27.3. The predicted molar refractivity (Wildman–Crippen MR) is 316 cm³/mol. The first-order valence-electron chi connectivity index (χ1n) is 27.8. The average Bonchev–Trinajstić information content (AvgIpc) is 3.41. The molecule has 4 aromatic carbocycles. The molecule has 0 radical (unpaired) electrons. The maximum Gasteiger partial charge on any atom is 0.231 e. The molecule has 0 unspecified atom stereocenters. The molecule has 4 aliphatic heterocycles. The summed E-state index contributed by atoms with van der Waals surface area (Å²) in [6.45, 7) is 8.63. The highest BCUT2D eigenvalue weighted by molar-refractivity contribution is 9.13. The Kier molecular flexibility index (Phi) is 20.2. The molecule has 8 bridgehead atoms. The molecule has 8 nitrogen and oxygen atoms in total. The Morgan fingerprint density at radius 3 is 0.645 bits per heavy atom. The van der Waals surface area contributed by atoms with Crippen molar-refractivity contribution < 1.29 is 37.9 Å². The Hall–Kier alpha value is -4.56. The van der Waals surface area contributed by atoms with E-state index < -0.39 is 0 Å². The van der Waals surface area contributed by atoms with Crippen LogP contribution in [0.4, 0.5) is 0 Å². The van der Waals surface area contributed by atoms with Gasteiger partial charge in [-0.1, -0.05) is 130 Å². The van der Waals surface area contributed by atoms with Gasteiger partial charge in [-0.15, -0.1) is 0 Å². The van der Waals surface area contributed by atoms with Gasteiger partial charge in [-0.3, -0.25) is 0 Å². The summed E-state index contributed by atoms with van der Waals surface area (Å²) in [5, 5.41) is 0. The Morgan fingerprint density at radius 1 is 0.303 bits per heavy atom. The van der Waals surface area contributed by atoms with Gasteiger partial charge in [0.25, 0.3) is 0 Å². The van der Waals surface area contributed by atoms with Crippen LogP contribution in [-0.4, -0.2) is 27.2 Å². The van der Waals surface area contributed by atoms with Gasteiger partial charge in [0.1, 0.15) is 68.2 Å². The number of hydrogen-bond donors (Lipinski definition) is 0. The molecule has 76 heavy (non-hydrogen) atoms. The largest absolute Gasteiger partial charge is 0.456 e. The molecule has 5 aliphatic rings. The summed E-state index contributed by atoms with van der Waals surface area (Å²) in [6.07, 6.45) is 20.5. The van der Waals surface area contributed by atoms with Crippen molar-refractivity contribution >= 4 is 63.7 Å². The average molecular weight is 1280 g/mol. The fraction of sp³-hybridized carbons (Fsp3) is 0.500. The fourth-order valence-corrected chi connectivity index (χ4v) is 13.1. The number of rotatable bonds is 20. The smallest absolute Gasteiger partial charge is 0.231 e. The first kappa shape index (κ1) is 56.2. The minimum absolute atomic E-state index is 0.102. The zero-order valence-electron chi connectivity index (χ0n) is 44.4. The summed E-state index contributed by atoms with van der Waals surface area (Å²) in [5.41, 5.74) is 11.0. The maximum absolute atomic E-state index is 6.92. The van der Waals surface area contributed by atoms with Gasteiger partial charge in [0, 0.05) is 132 Å². The number of unbranched alkanes of at least 4 members (excludes halogenated alkanes) is 12. The van der Waals surface area contributed by atoms with Gasteiger partial charge in [-0.2, -0.15) is 0 Å². The summed E-state index contributed by atoms with van der Waals surface area (Å²) in [7, 11) is 0. The van der Waals surface area contributed by atoms with Crippen molar-refractivity contribution in [1.82, 2.24) is 0 Å². The van der Waals surface area contributed by atoms with Crippen molar-refractivity contribution in [3.63, 3.8) is 0 Å². The maximum atomic E-state index is 6.92. The van der Waals surface area contributed by atoms with Crippen LogP contribution in [0, 0.1) is 43.0 Å². The first-order valence-corrected chi connectivity index (χ1v) is 31.0. The third-order valence-corrected chi connectivity index (χ3v) is 16.7. The number of benzene rings is 4. The van der Waals surface area contributed by atoms with Crippen LogP contribution in [0.25, 0.3) is 0 Å². The number of ether oxygens (including phenoxy) is 8. The van der Waals surface area contributed by atoms with Crippen molar-refractivity contribution in [2.45, 2.75) is 180 Å². The summed E-state index contributed by atoms with van der Waals surface area (Å²) in [4.78, 5) is 12.4. The molecule has 0 saturated carbocycles. The summed E-state index contributed by atoms with van der Waals surface area (Å²) in [6, 6.07) is 9.54. The second-order valence-corrected chi connectivity index (χ2v) is 22.1. The van der Waals surface area contributed by atoms with Crippen LogP contribution < -0.4 is 37.9 Å². The number of hydrogen-bond acceptors (Lipinski definition) is 8. The molecule has 0 amide bonds. The van der Waals surface area contributed by atoms with Gasteiger partial charge in [-0.25, -0.2) is 0 Å². The standard InChI is InChI=1S/C64H68Br4O8/c1-5-9-13-17-21-41-49-33-51-42(22-18-14-10-6-2)53-35-55-44(24-20-16-12-8-4)56-36-54-43(23-19-15-11-7-3)52-34-50(41)58-46(26-30-66)60(52)72-39-74-62(54)48(28-32-68)64(56)76-40-75-63(55)47(27-31-67)61(53)73-38-71-59(51)45(25-29-65)57(49)69-37-70-58/h33-36,41-44H,5-24,37-40H2,1-4H3. The highest BCUT2D eigenvalue weighted by Crippen LogP contribution is 2.58. The van der Waals surface area contributed by atoms with E-state index in [4.69, 9.17) is 37.9 Å². The van der Waals surface area contributed by atoms with Gasteiger partial charge >= 0.3 is 0 Å². The first-order chi connectivity index (χ1) is 37.5. The summed E-state index contributed by atoms with van der Waals surface area (Å²) < 4.78 is 55.4. The Balaban J connectivity index is 1.50. The lowest BCUT2D eigenvalue weighted by molar-refractivity contribution is 0.0973. The topological polar surface area (TPSA) is 73.8 Å². The van der Waals surface area contributed by atoms with Crippen LogP contribution in [0.1, 0.15) is 247 Å². The van der Waals surface area contributed by atoms with Gasteiger partial charge in [0.05, 0.1) is 0 Å². The monoisotopic (exact) mass is 1280 g/mol. The Morgan fingerprint density at radius 2 is 0.487 bits per heavy atom. The third kappa shape index (κ3) is 11.6. The van der Waals surface area contributed by atoms with E-state index in [1.165, 1.54) is 0 Å². The van der Waals surface area contributed by atoms with E-state index in [9.17, 15) is 0 Å². The fourth-order valence-electron chi connectivity index (χ4n) is 12.3. The Labute approximate surface area is 485 Å². The normalized spacial score (nSPS) is 17.7. The SMILES string of the molecule is CCCCCCC1c2cc3c4c(C#CBr)c2OCOc2c1cc1c(c2C#CBr)OCOc2c(cc5c(c2C#CBr)OCOc2c(cc(c(c2C#CBr)OCO4)C3CCCCCC)C5CCCCCC)C1CCCCCC. The molecule has 0 spiro atoms. The molecule has 400 valence electrons. The number of halogens is 4. The van der Waals surface area contributed by atoms with Crippen LogP contribution in [0.15, 0.2) is 24.3 Å². The molecule has 0 N–H and O–H groups in total. The molecule has 12 heteroatoms. The molecule has 9 rings (SSSR count). The molecular weight excluding hydrogens is 1220 g/mol. The van der Waals surface area contributed by atoms with Crippen LogP contribution >= 0.6 is 63.7 Å². The minimum atomic E-state index is -0.207. The molecule has 0 saturated heterocycles. The van der Waals surface area contributed by atoms with Gasteiger partial charge < -0.3 is 37.9 Å². The van der Waals surface area contributed by atoms with Crippen LogP contribution in [0.5, 0.6) is 46.0 Å². The van der Waals surface area contributed by atoms with Crippen LogP contribution in [0.3, 0.4) is 0 Å². The van der Waals surface area contributed by atoms with Gasteiger partial charge in [-0.05, 0) is 92.9 Å². The molecular formula is C64H68Br4O8. The molecule has 4 aromatic rings. The van der Waals surface area contributed by atoms with Gasteiger partial charge in [0.15, 0.2) is 0 Å². The zero-order chi connectivity index (χ0) is 53.0. The predicted octanol–water partition coefficient (Wildman–Crippen LogP) is 18.1. The van der Waals surface area contributed by atoms with Crippen molar-refractivity contribution in [3.8, 4) is 89.0 Å². The lowest BCUT2D eigenvalue weighted by Crippen LogP contribution is -2.25. The zero-order valence-corrected chi connectivity index (χ0v) is 50.7. The third-order valence-electron chi connectivity index (χ3n) is 15.9. The quantitative estimate of drug-likeness (QED) is 0.0640. The minimum Gasteiger partial charge on any atom is -0.456 e. The van der Waals surface area contributed by atoms with Crippen molar-refractivity contribution in [2.75, 3.05) is 27.2 Å². The lowest BCUT2D eigenvalue weighted by atomic mass is 9.74. The van der Waals surface area contributed by atoms with E-state index in [-0.39, 0.29) is 50.8 Å². The van der Waals surface area contributed by atoms with E-state index in [0.717, 1.165) is 173 Å².